The van der Waals surface area contributed by atoms with Crippen LogP contribution >= 0.6 is 0 Å². The Morgan fingerprint density at radius 2 is 2.40 bits per heavy atom. The highest BCUT2D eigenvalue weighted by Gasteiger charge is 2.69. The van der Waals surface area contributed by atoms with Crippen LogP contribution in [-0.4, -0.2) is 34.2 Å². The van der Waals surface area contributed by atoms with Crippen LogP contribution in [0.3, 0.4) is 0 Å². The van der Waals surface area contributed by atoms with Gasteiger partial charge in [0.25, 0.3) is 0 Å². The molecule has 1 spiro atoms. The van der Waals surface area contributed by atoms with Gasteiger partial charge >= 0.3 is 0 Å². The van der Waals surface area contributed by atoms with Gasteiger partial charge in [0, 0.05) is 6.04 Å². The Balaban J connectivity index is 2.02. The molecule has 1 N–H and O–H groups in total. The quantitative estimate of drug-likeness (QED) is 0.379. The Hall–Kier alpha value is -0.340. The monoisotopic (exact) mass is 137 g/mol. The average Bonchev–Trinajstić information content (AvgIpc) is 2.30. The molecule has 0 aromatic heterocycles. The molecule has 0 aromatic carbocycles. The summed E-state index contributed by atoms with van der Waals surface area (Å²) in [6.07, 6.45) is 6.41. The van der Waals surface area contributed by atoms with Crippen LogP contribution in [0.1, 0.15) is 12.8 Å². The second-order valence-electron chi connectivity index (χ2n) is 3.56. The Bertz CT molecular complexity index is 209. The molecule has 2 nitrogen and oxygen atoms in total. The van der Waals surface area contributed by atoms with Gasteiger partial charge in [-0.05, 0) is 19.4 Å². The van der Waals surface area contributed by atoms with Crippen molar-refractivity contribution in [3.05, 3.63) is 12.2 Å². The van der Waals surface area contributed by atoms with Crippen molar-refractivity contribution in [1.29, 1.82) is 0 Å². The molecule has 0 radical (unpaired) electrons. The van der Waals surface area contributed by atoms with Crippen molar-refractivity contribution in [1.82, 2.24) is 4.90 Å². The normalized spacial score (nSPS) is 62.3. The van der Waals surface area contributed by atoms with E-state index in [0.717, 1.165) is 0 Å². The van der Waals surface area contributed by atoms with E-state index in [9.17, 15) is 5.11 Å². The SMILES string of the molecule is O[C@@H]1C=C[C@H]2N3CCC[C@]123. The predicted octanol–water partition coefficient (Wildman–Crippen LogP) is 0.134. The molecule has 4 atom stereocenters. The lowest BCUT2D eigenvalue weighted by Gasteiger charge is -2.11. The van der Waals surface area contributed by atoms with Gasteiger partial charge in [0.15, 0.2) is 0 Å². The van der Waals surface area contributed by atoms with E-state index >= 15 is 0 Å². The molecule has 1 aliphatic carbocycles. The lowest BCUT2D eigenvalue weighted by Crippen LogP contribution is -2.27. The zero-order chi connectivity index (χ0) is 6.77. The highest BCUT2D eigenvalue weighted by atomic mass is 16.3. The first-order valence-corrected chi connectivity index (χ1v) is 3.99. The summed E-state index contributed by atoms with van der Waals surface area (Å²) in [6.45, 7) is 1.20. The maximum atomic E-state index is 9.57. The van der Waals surface area contributed by atoms with Crippen LogP contribution in [0.5, 0.6) is 0 Å². The van der Waals surface area contributed by atoms with E-state index in [0.29, 0.717) is 6.04 Å². The molecule has 54 valence electrons. The molecule has 0 aromatic rings. The Kier molecular flexibility index (Phi) is 0.701. The Morgan fingerprint density at radius 1 is 1.50 bits per heavy atom. The second kappa shape index (κ2) is 1.31. The predicted molar refractivity (Wildman–Crippen MR) is 37.6 cm³/mol. The van der Waals surface area contributed by atoms with E-state index in [2.05, 4.69) is 11.0 Å². The maximum Gasteiger partial charge on any atom is 0.0923 e. The van der Waals surface area contributed by atoms with Gasteiger partial charge in [0.2, 0.25) is 0 Å². The van der Waals surface area contributed by atoms with E-state index in [1.165, 1.54) is 19.4 Å². The zero-order valence-corrected chi connectivity index (χ0v) is 5.83. The minimum atomic E-state index is -0.167. The molecular weight excluding hydrogens is 126 g/mol. The number of piperidine rings is 1. The molecule has 0 bridgehead atoms. The molecule has 0 amide bonds. The van der Waals surface area contributed by atoms with Crippen molar-refractivity contribution in [2.75, 3.05) is 6.54 Å². The van der Waals surface area contributed by atoms with Gasteiger partial charge in [-0.3, -0.25) is 4.90 Å². The average molecular weight is 137 g/mol. The van der Waals surface area contributed by atoms with Crippen molar-refractivity contribution in [3.8, 4) is 0 Å². The van der Waals surface area contributed by atoms with Crippen molar-refractivity contribution >= 4 is 0 Å². The van der Waals surface area contributed by atoms with Crippen LogP contribution in [0.2, 0.25) is 0 Å². The third-order valence-electron chi connectivity index (χ3n) is 3.28. The van der Waals surface area contributed by atoms with Crippen molar-refractivity contribution in [3.63, 3.8) is 0 Å². The number of rotatable bonds is 0. The third-order valence-corrected chi connectivity index (χ3v) is 3.28. The highest BCUT2D eigenvalue weighted by molar-refractivity contribution is 5.38. The number of aliphatic hydroxyl groups is 1. The lowest BCUT2D eigenvalue weighted by molar-refractivity contribution is 0.162. The smallest absolute Gasteiger partial charge is 0.0923 e. The summed E-state index contributed by atoms with van der Waals surface area (Å²) >= 11 is 0. The number of hydrogen-bond donors (Lipinski definition) is 1. The molecule has 2 heteroatoms. The molecule has 2 saturated heterocycles. The Labute approximate surface area is 60.1 Å². The first kappa shape index (κ1) is 5.33. The summed E-state index contributed by atoms with van der Waals surface area (Å²) in [4.78, 5) is 2.41. The number of aliphatic hydroxyl groups excluding tert-OH is 1. The van der Waals surface area contributed by atoms with Crippen LogP contribution in [0.25, 0.3) is 0 Å². The topological polar surface area (TPSA) is 23.2 Å². The maximum absolute atomic E-state index is 9.57. The van der Waals surface area contributed by atoms with E-state index < -0.39 is 0 Å². The van der Waals surface area contributed by atoms with Gasteiger partial charge in [-0.15, -0.1) is 0 Å². The molecule has 3 aliphatic rings. The molecule has 2 heterocycles. The van der Waals surface area contributed by atoms with Gasteiger partial charge in [0.1, 0.15) is 0 Å². The fraction of sp³-hybridized carbons (Fsp3) is 0.750. The Morgan fingerprint density at radius 3 is 3.10 bits per heavy atom. The van der Waals surface area contributed by atoms with E-state index in [4.69, 9.17) is 0 Å². The summed E-state index contributed by atoms with van der Waals surface area (Å²) in [5.41, 5.74) is 0.208. The minimum absolute atomic E-state index is 0.167. The first-order valence-electron chi connectivity index (χ1n) is 3.99. The van der Waals surface area contributed by atoms with Gasteiger partial charge < -0.3 is 5.11 Å². The number of fused-ring (bicyclic) bond motifs is 1. The largest absolute Gasteiger partial charge is 0.387 e. The molecule has 10 heavy (non-hydrogen) atoms. The van der Waals surface area contributed by atoms with Crippen molar-refractivity contribution in [2.45, 2.75) is 30.5 Å². The van der Waals surface area contributed by atoms with Crippen molar-refractivity contribution in [2.24, 2.45) is 0 Å². The molecular formula is C8H11NO. The zero-order valence-electron chi connectivity index (χ0n) is 5.83. The standard InChI is InChI=1S/C8H11NO/c10-7-3-2-6-8(7)4-1-5-9(6)8/h2-3,6-7,10H,1,4-5H2/t6-,7-,8-,9?/m1/s1. The summed E-state index contributed by atoms with van der Waals surface area (Å²) in [7, 11) is 0. The molecule has 0 saturated carbocycles. The highest BCUT2D eigenvalue weighted by Crippen LogP contribution is 2.56. The molecule has 2 fully saturated rings. The fourth-order valence-electron chi connectivity index (χ4n) is 2.74. The summed E-state index contributed by atoms with van der Waals surface area (Å²) in [5.74, 6) is 0. The summed E-state index contributed by atoms with van der Waals surface area (Å²) < 4.78 is 0. The third kappa shape index (κ3) is 0.339. The summed E-state index contributed by atoms with van der Waals surface area (Å²) in [6, 6.07) is 0.608. The van der Waals surface area contributed by atoms with Crippen LogP contribution in [0, 0.1) is 0 Å². The van der Waals surface area contributed by atoms with E-state index in [1.807, 2.05) is 6.08 Å². The van der Waals surface area contributed by atoms with Gasteiger partial charge in [-0.25, -0.2) is 0 Å². The van der Waals surface area contributed by atoms with Crippen molar-refractivity contribution < 1.29 is 5.11 Å². The van der Waals surface area contributed by atoms with Gasteiger partial charge in [-0.1, -0.05) is 12.2 Å². The fourth-order valence-corrected chi connectivity index (χ4v) is 2.74. The van der Waals surface area contributed by atoms with Gasteiger partial charge in [-0.2, -0.15) is 0 Å². The minimum Gasteiger partial charge on any atom is -0.387 e. The number of nitrogens with zero attached hydrogens (tertiary/aromatic N) is 1. The van der Waals surface area contributed by atoms with E-state index in [1.54, 1.807) is 0 Å². The van der Waals surface area contributed by atoms with Crippen LogP contribution in [0.4, 0.5) is 0 Å². The molecule has 2 aliphatic heterocycles. The van der Waals surface area contributed by atoms with Crippen LogP contribution < -0.4 is 0 Å². The lowest BCUT2D eigenvalue weighted by atomic mass is 9.99. The van der Waals surface area contributed by atoms with Gasteiger partial charge in [0.05, 0.1) is 11.6 Å². The second-order valence-corrected chi connectivity index (χ2v) is 3.56. The molecule has 1 unspecified atom stereocenters. The van der Waals surface area contributed by atoms with Crippen LogP contribution in [0.15, 0.2) is 12.2 Å². The summed E-state index contributed by atoms with van der Waals surface area (Å²) in [5, 5.41) is 9.57. The van der Waals surface area contributed by atoms with E-state index in [-0.39, 0.29) is 11.6 Å². The first-order chi connectivity index (χ1) is 4.86. The number of hydrogen-bond acceptors (Lipinski definition) is 2. The van der Waals surface area contributed by atoms with Crippen LogP contribution in [-0.2, 0) is 0 Å². The molecule has 3 rings (SSSR count).